The van der Waals surface area contributed by atoms with Crippen LogP contribution in [0.4, 0.5) is 0 Å². The van der Waals surface area contributed by atoms with Crippen LogP contribution in [0, 0.1) is 0 Å². The smallest absolute Gasteiger partial charge is 0.160 e. The van der Waals surface area contributed by atoms with Gasteiger partial charge >= 0.3 is 0 Å². The van der Waals surface area contributed by atoms with Crippen LogP contribution in [0.25, 0.3) is 88.8 Å². The monoisotopic (exact) mass is 636 g/mol. The summed E-state index contributed by atoms with van der Waals surface area (Å²) in [7, 11) is 0. The highest BCUT2D eigenvalue weighted by atomic mass is 14.9. The van der Waals surface area contributed by atoms with Crippen molar-refractivity contribution in [2.24, 2.45) is 0 Å². The molecule has 0 bridgehead atoms. The Balaban J connectivity index is 1.19. The molecule has 9 aromatic rings. The summed E-state index contributed by atoms with van der Waals surface area (Å²) in [6.45, 7) is 0. The summed E-state index contributed by atoms with van der Waals surface area (Å²) >= 11 is 0. The van der Waals surface area contributed by atoms with Crippen molar-refractivity contribution in [1.29, 1.82) is 0 Å². The Morgan fingerprint density at radius 3 is 1.12 bits per heavy atom. The first-order valence-corrected chi connectivity index (χ1v) is 17.0. The molecule has 50 heavy (non-hydrogen) atoms. The molecule has 0 fully saturated rings. The van der Waals surface area contributed by atoms with E-state index >= 15 is 0 Å². The Hall–Kier alpha value is -6.64. The molecule has 2 nitrogen and oxygen atoms in total. The van der Waals surface area contributed by atoms with Gasteiger partial charge in [-0.05, 0) is 67.1 Å². The maximum absolute atomic E-state index is 5.04. The number of rotatable bonds is 6. The second-order valence-corrected chi connectivity index (χ2v) is 12.6. The molecule has 0 aliphatic carbocycles. The second-order valence-electron chi connectivity index (χ2n) is 12.6. The van der Waals surface area contributed by atoms with E-state index in [0.717, 1.165) is 33.6 Å². The van der Waals surface area contributed by atoms with Crippen molar-refractivity contribution in [1.82, 2.24) is 9.97 Å². The van der Waals surface area contributed by atoms with E-state index in [1.807, 2.05) is 36.4 Å². The van der Waals surface area contributed by atoms with Gasteiger partial charge in [-0.3, -0.25) is 0 Å². The molecule has 0 amide bonds. The summed E-state index contributed by atoms with van der Waals surface area (Å²) in [6.07, 6.45) is 0. The fraction of sp³-hybridized carbons (Fsp3) is 0. The van der Waals surface area contributed by atoms with Gasteiger partial charge in [-0.15, -0.1) is 0 Å². The molecule has 0 saturated carbocycles. The highest BCUT2D eigenvalue weighted by molar-refractivity contribution is 6.21. The lowest BCUT2D eigenvalue weighted by Gasteiger charge is -2.18. The van der Waals surface area contributed by atoms with Gasteiger partial charge in [0, 0.05) is 16.7 Å². The van der Waals surface area contributed by atoms with Crippen LogP contribution >= 0.6 is 0 Å². The normalized spacial score (nSPS) is 11.2. The average Bonchev–Trinajstić information content (AvgIpc) is 3.21. The Kier molecular flexibility index (Phi) is 7.53. The zero-order valence-electron chi connectivity index (χ0n) is 27.4. The van der Waals surface area contributed by atoms with E-state index in [9.17, 15) is 0 Å². The van der Waals surface area contributed by atoms with Crippen LogP contribution < -0.4 is 0 Å². The standard InChI is InChI=1S/C48H32N2/c1-5-15-34(16-6-1)44-32-45(35-17-7-2-8-18-35)50-48(49-44)38-27-25-33(26-28-38)39-29-30-42-43(31-39)47(37-21-11-4-12-22-37)41-24-14-13-23-40(41)46(42)36-19-9-3-10-20-36/h1-32H. The third-order valence-electron chi connectivity index (χ3n) is 9.49. The van der Waals surface area contributed by atoms with Gasteiger partial charge in [0.25, 0.3) is 0 Å². The van der Waals surface area contributed by atoms with Crippen molar-refractivity contribution in [2.45, 2.75) is 0 Å². The van der Waals surface area contributed by atoms with E-state index in [-0.39, 0.29) is 0 Å². The minimum Gasteiger partial charge on any atom is -0.228 e. The molecule has 0 atom stereocenters. The van der Waals surface area contributed by atoms with Crippen LogP contribution in [0.5, 0.6) is 0 Å². The van der Waals surface area contributed by atoms with E-state index in [1.165, 1.54) is 49.4 Å². The predicted molar refractivity (Wildman–Crippen MR) is 210 cm³/mol. The number of aromatic nitrogens is 2. The number of fused-ring (bicyclic) bond motifs is 2. The molecule has 9 rings (SSSR count). The van der Waals surface area contributed by atoms with Crippen LogP contribution in [0.1, 0.15) is 0 Å². The zero-order valence-corrected chi connectivity index (χ0v) is 27.4. The summed E-state index contributed by atoms with van der Waals surface area (Å²) in [4.78, 5) is 10.1. The largest absolute Gasteiger partial charge is 0.228 e. The van der Waals surface area contributed by atoms with Crippen LogP contribution in [0.2, 0.25) is 0 Å². The fourth-order valence-electron chi connectivity index (χ4n) is 7.09. The van der Waals surface area contributed by atoms with Gasteiger partial charge in [0.15, 0.2) is 5.82 Å². The summed E-state index contributed by atoms with van der Waals surface area (Å²) in [5, 5.41) is 4.99. The average molecular weight is 637 g/mol. The lowest BCUT2D eigenvalue weighted by atomic mass is 9.85. The number of nitrogens with zero attached hydrogens (tertiary/aromatic N) is 2. The minimum absolute atomic E-state index is 0.709. The molecule has 234 valence electrons. The predicted octanol–water partition coefficient (Wildman–Crippen LogP) is 12.8. The third kappa shape index (κ3) is 5.43. The highest BCUT2D eigenvalue weighted by Gasteiger charge is 2.17. The molecule has 0 radical (unpaired) electrons. The topological polar surface area (TPSA) is 25.8 Å². The molecular formula is C48H32N2. The van der Waals surface area contributed by atoms with Crippen molar-refractivity contribution < 1.29 is 0 Å². The molecule has 8 aromatic carbocycles. The van der Waals surface area contributed by atoms with Crippen LogP contribution in [0.15, 0.2) is 194 Å². The van der Waals surface area contributed by atoms with Gasteiger partial charge in [-0.1, -0.05) is 182 Å². The number of hydrogen-bond acceptors (Lipinski definition) is 2. The van der Waals surface area contributed by atoms with E-state index in [1.54, 1.807) is 0 Å². The maximum Gasteiger partial charge on any atom is 0.160 e. The fourth-order valence-corrected chi connectivity index (χ4v) is 7.09. The molecule has 1 aromatic heterocycles. The lowest BCUT2D eigenvalue weighted by Crippen LogP contribution is -1.96. The van der Waals surface area contributed by atoms with Crippen molar-refractivity contribution in [2.75, 3.05) is 0 Å². The molecule has 0 aliphatic rings. The summed E-state index contributed by atoms with van der Waals surface area (Å²) in [6, 6.07) is 68.7. The molecule has 2 heteroatoms. The highest BCUT2D eigenvalue weighted by Crippen LogP contribution is 2.44. The molecular weight excluding hydrogens is 605 g/mol. The number of benzene rings is 8. The molecule has 0 unspecified atom stereocenters. The maximum atomic E-state index is 5.04. The van der Waals surface area contributed by atoms with Crippen LogP contribution in [-0.4, -0.2) is 9.97 Å². The van der Waals surface area contributed by atoms with Crippen LogP contribution in [0.3, 0.4) is 0 Å². The summed E-state index contributed by atoms with van der Waals surface area (Å²) < 4.78 is 0. The van der Waals surface area contributed by atoms with Crippen molar-refractivity contribution in [3.63, 3.8) is 0 Å². The van der Waals surface area contributed by atoms with E-state index in [2.05, 4.69) is 158 Å². The van der Waals surface area contributed by atoms with E-state index in [4.69, 9.17) is 9.97 Å². The summed E-state index contributed by atoms with van der Waals surface area (Å²) in [5.41, 5.74) is 12.2. The van der Waals surface area contributed by atoms with Crippen molar-refractivity contribution >= 4 is 21.5 Å². The lowest BCUT2D eigenvalue weighted by molar-refractivity contribution is 1.18. The minimum atomic E-state index is 0.709. The van der Waals surface area contributed by atoms with Crippen LogP contribution in [-0.2, 0) is 0 Å². The van der Waals surface area contributed by atoms with Crippen molar-refractivity contribution in [3.05, 3.63) is 194 Å². The quantitative estimate of drug-likeness (QED) is 0.170. The Morgan fingerprint density at radius 1 is 0.240 bits per heavy atom. The first-order chi connectivity index (χ1) is 24.8. The van der Waals surface area contributed by atoms with E-state index < -0.39 is 0 Å². The molecule has 0 N–H and O–H groups in total. The molecule has 0 saturated heterocycles. The van der Waals surface area contributed by atoms with Gasteiger partial charge < -0.3 is 0 Å². The first kappa shape index (κ1) is 29.5. The van der Waals surface area contributed by atoms with Gasteiger partial charge in [0.2, 0.25) is 0 Å². The summed E-state index contributed by atoms with van der Waals surface area (Å²) in [5.74, 6) is 0.709. The Bertz CT molecular complexity index is 2540. The third-order valence-corrected chi connectivity index (χ3v) is 9.49. The van der Waals surface area contributed by atoms with Gasteiger partial charge in [0.1, 0.15) is 0 Å². The second kappa shape index (κ2) is 12.8. The van der Waals surface area contributed by atoms with Crippen molar-refractivity contribution in [3.8, 4) is 67.3 Å². The van der Waals surface area contributed by atoms with Gasteiger partial charge in [0.05, 0.1) is 11.4 Å². The van der Waals surface area contributed by atoms with Gasteiger partial charge in [-0.25, -0.2) is 9.97 Å². The Labute approximate surface area is 292 Å². The number of hydrogen-bond donors (Lipinski definition) is 0. The molecule has 1 heterocycles. The van der Waals surface area contributed by atoms with Gasteiger partial charge in [-0.2, -0.15) is 0 Å². The zero-order chi connectivity index (χ0) is 33.3. The molecule has 0 spiro atoms. The Morgan fingerprint density at radius 2 is 0.620 bits per heavy atom. The van der Waals surface area contributed by atoms with E-state index in [0.29, 0.717) is 5.82 Å². The molecule has 0 aliphatic heterocycles. The first-order valence-electron chi connectivity index (χ1n) is 17.0. The SMILES string of the molecule is c1ccc(-c2cc(-c3ccccc3)nc(-c3ccc(-c4ccc5c(-c6ccccc6)c6ccccc6c(-c6ccccc6)c5c4)cc3)n2)cc1.